The molecule has 13 heteroatoms. The predicted octanol–water partition coefficient (Wildman–Crippen LogP) is 5.63. The van der Waals surface area contributed by atoms with Gasteiger partial charge in [0.25, 0.3) is 11.8 Å². The van der Waals surface area contributed by atoms with Crippen LogP contribution in [0.3, 0.4) is 0 Å². The maximum atomic E-state index is 13.3. The van der Waals surface area contributed by atoms with E-state index in [1.807, 2.05) is 44.2 Å². The molecule has 2 aromatic carbocycles. The Hall–Kier alpha value is -4.23. The maximum Gasteiger partial charge on any atom is 0.409 e. The van der Waals surface area contributed by atoms with E-state index >= 15 is 0 Å². The Labute approximate surface area is 316 Å². The third kappa shape index (κ3) is 11.9. The van der Waals surface area contributed by atoms with Gasteiger partial charge in [-0.1, -0.05) is 24.3 Å². The summed E-state index contributed by atoms with van der Waals surface area (Å²) < 4.78 is 23.5. The molecule has 4 heterocycles. The smallest absolute Gasteiger partial charge is 0.409 e. The number of likely N-dealkylation sites (tertiary alicyclic amines) is 4. The first-order valence-electron chi connectivity index (χ1n) is 19.5. The average molecular weight is 741 g/mol. The Balaban J connectivity index is 0.000000285. The van der Waals surface area contributed by atoms with Crippen LogP contribution in [0, 0.1) is 5.82 Å². The molecule has 2 N–H and O–H groups in total. The van der Waals surface area contributed by atoms with Gasteiger partial charge in [-0.3, -0.25) is 19.4 Å². The van der Waals surface area contributed by atoms with Crippen molar-refractivity contribution >= 4 is 24.0 Å². The van der Waals surface area contributed by atoms with E-state index in [4.69, 9.17) is 9.47 Å². The van der Waals surface area contributed by atoms with Crippen LogP contribution in [0.25, 0.3) is 0 Å². The number of benzene rings is 2. The van der Waals surface area contributed by atoms with Crippen LogP contribution in [0.1, 0.15) is 88.8 Å². The summed E-state index contributed by atoms with van der Waals surface area (Å²) in [6.45, 7) is 11.2. The molecule has 4 aliphatic rings. The largest absolute Gasteiger partial charge is 0.450 e. The third-order valence-electron chi connectivity index (χ3n) is 10.7. The molecule has 0 saturated carbocycles. The lowest BCUT2D eigenvalue weighted by molar-refractivity contribution is 0.0601. The molecule has 2 atom stereocenters. The Morgan fingerprint density at radius 1 is 0.642 bits per heavy atom. The lowest BCUT2D eigenvalue weighted by atomic mass is 9.98. The van der Waals surface area contributed by atoms with Gasteiger partial charge in [-0.2, -0.15) is 0 Å². The topological polar surface area (TPSA) is 124 Å². The van der Waals surface area contributed by atoms with Crippen molar-refractivity contribution in [3.8, 4) is 0 Å². The SMILES string of the molecule is CCOC(=O)N1CCC(N2CCC[C@@H](NC(=O)c3cccc(F)c3)C2)CC1.CCOC(=O)N1CCC(N2CCC[C@@H](NC(=O)c3ccccc3)C2)CC1.[HH].[HH]. The number of rotatable bonds is 8. The normalized spacial score (nSPS) is 21.9. The van der Waals surface area contributed by atoms with Gasteiger partial charge in [0.15, 0.2) is 0 Å². The summed E-state index contributed by atoms with van der Waals surface area (Å²) in [5.74, 6) is -0.616. The summed E-state index contributed by atoms with van der Waals surface area (Å²) in [6, 6.07) is 16.3. The zero-order valence-electron chi connectivity index (χ0n) is 31.3. The molecule has 4 saturated heterocycles. The van der Waals surface area contributed by atoms with E-state index in [1.54, 1.807) is 21.9 Å². The van der Waals surface area contributed by atoms with Crippen molar-refractivity contribution in [2.45, 2.75) is 89.4 Å². The minimum atomic E-state index is -0.402. The van der Waals surface area contributed by atoms with Crippen molar-refractivity contribution in [1.82, 2.24) is 30.2 Å². The van der Waals surface area contributed by atoms with Crippen LogP contribution >= 0.6 is 0 Å². The molecule has 53 heavy (non-hydrogen) atoms. The molecule has 6 rings (SSSR count). The van der Waals surface area contributed by atoms with Gasteiger partial charge in [0, 0.05) is 77.4 Å². The number of hydrogen-bond acceptors (Lipinski definition) is 8. The summed E-state index contributed by atoms with van der Waals surface area (Å²) in [6.07, 6.45) is 7.43. The van der Waals surface area contributed by atoms with E-state index in [0.717, 1.165) is 90.6 Å². The molecule has 0 aromatic heterocycles. The minimum Gasteiger partial charge on any atom is -0.450 e. The highest BCUT2D eigenvalue weighted by Gasteiger charge is 2.33. The molecule has 0 bridgehead atoms. The Morgan fingerprint density at radius 2 is 1.09 bits per heavy atom. The molecule has 4 fully saturated rings. The van der Waals surface area contributed by atoms with Gasteiger partial charge >= 0.3 is 12.2 Å². The van der Waals surface area contributed by atoms with Gasteiger partial charge in [0.2, 0.25) is 0 Å². The predicted molar refractivity (Wildman–Crippen MR) is 204 cm³/mol. The standard InChI is InChI=1S/C20H28FN3O3.C20H29N3O3.2H2/c1-2-27-20(26)23-11-8-18(9-12-23)24-10-4-7-17(14-24)22-19(25)15-5-3-6-16(21)13-15;1-2-26-20(25)22-13-10-18(11-14-22)23-12-6-9-17(15-23)21-19(24)16-7-4-3-5-8-16;;/h3,5-6,13,17-18H,2,4,7-12,14H2,1H3,(H,22,25);3-5,7-8,17-18H,2,6,9-15H2,1H3,(H,21,24);2*1H/t2*17-;;/m11../s1. The molecule has 0 spiro atoms. The van der Waals surface area contributed by atoms with Gasteiger partial charge < -0.3 is 29.9 Å². The van der Waals surface area contributed by atoms with E-state index in [9.17, 15) is 23.6 Å². The van der Waals surface area contributed by atoms with Gasteiger partial charge in [-0.15, -0.1) is 0 Å². The highest BCUT2D eigenvalue weighted by Crippen LogP contribution is 2.23. The number of nitrogens with one attached hydrogen (secondary N) is 2. The fourth-order valence-electron chi connectivity index (χ4n) is 7.93. The molecule has 294 valence electrons. The number of halogens is 1. The van der Waals surface area contributed by atoms with Gasteiger partial charge in [-0.25, -0.2) is 14.0 Å². The monoisotopic (exact) mass is 740 g/mol. The fraction of sp³-hybridized carbons (Fsp3) is 0.600. The number of amides is 4. The van der Waals surface area contributed by atoms with Crippen molar-refractivity contribution in [2.24, 2.45) is 0 Å². The summed E-state index contributed by atoms with van der Waals surface area (Å²) in [5.41, 5.74) is 1.07. The van der Waals surface area contributed by atoms with E-state index in [2.05, 4.69) is 20.4 Å². The van der Waals surface area contributed by atoms with Crippen LogP contribution in [0.4, 0.5) is 14.0 Å². The highest BCUT2D eigenvalue weighted by atomic mass is 19.1. The Kier molecular flexibility index (Phi) is 15.3. The molecule has 12 nitrogen and oxygen atoms in total. The summed E-state index contributed by atoms with van der Waals surface area (Å²) in [5, 5.41) is 6.23. The number of piperidine rings is 4. The molecule has 2 aromatic rings. The van der Waals surface area contributed by atoms with E-state index in [0.29, 0.717) is 49.5 Å². The second-order valence-corrected chi connectivity index (χ2v) is 14.3. The number of carbonyl (C=O) groups excluding carboxylic acids is 4. The lowest BCUT2D eigenvalue weighted by Crippen LogP contribution is -2.54. The second kappa shape index (κ2) is 20.3. The highest BCUT2D eigenvalue weighted by molar-refractivity contribution is 5.94. The summed E-state index contributed by atoms with van der Waals surface area (Å²) in [4.78, 5) is 56.9. The average Bonchev–Trinajstić information content (AvgIpc) is 3.19. The van der Waals surface area contributed by atoms with Crippen LogP contribution in [0.15, 0.2) is 54.6 Å². The van der Waals surface area contributed by atoms with Crippen LogP contribution in [0.5, 0.6) is 0 Å². The van der Waals surface area contributed by atoms with Crippen LogP contribution in [-0.4, -0.2) is 133 Å². The maximum absolute atomic E-state index is 13.3. The second-order valence-electron chi connectivity index (χ2n) is 14.3. The first-order valence-corrected chi connectivity index (χ1v) is 19.5. The number of carbonyl (C=O) groups is 4. The van der Waals surface area contributed by atoms with E-state index in [1.165, 1.54) is 12.1 Å². The zero-order valence-corrected chi connectivity index (χ0v) is 31.3. The van der Waals surface area contributed by atoms with Crippen LogP contribution in [-0.2, 0) is 9.47 Å². The molecule has 0 unspecified atom stereocenters. The summed E-state index contributed by atoms with van der Waals surface area (Å²) >= 11 is 0. The van der Waals surface area contributed by atoms with Crippen molar-refractivity contribution in [2.75, 3.05) is 65.6 Å². The van der Waals surface area contributed by atoms with E-state index < -0.39 is 5.82 Å². The quantitative estimate of drug-likeness (QED) is 0.357. The van der Waals surface area contributed by atoms with Crippen molar-refractivity contribution in [1.29, 1.82) is 0 Å². The van der Waals surface area contributed by atoms with Gasteiger partial charge in [-0.05, 0) is 109 Å². The van der Waals surface area contributed by atoms with Crippen LogP contribution in [0.2, 0.25) is 0 Å². The first-order chi connectivity index (χ1) is 25.7. The molecule has 0 aliphatic carbocycles. The number of ether oxygens (including phenoxy) is 2. The molecule has 4 amide bonds. The molecular weight excluding hydrogens is 679 g/mol. The Morgan fingerprint density at radius 3 is 1.55 bits per heavy atom. The Bertz CT molecular complexity index is 1500. The first kappa shape index (κ1) is 40.0. The zero-order chi connectivity index (χ0) is 37.6. The van der Waals surface area contributed by atoms with Crippen molar-refractivity contribution < 1.29 is 35.9 Å². The molecule has 4 aliphatic heterocycles. The number of nitrogens with zero attached hydrogens (tertiary/aromatic N) is 4. The lowest BCUT2D eigenvalue weighted by Gasteiger charge is -2.42. The fourth-order valence-corrected chi connectivity index (χ4v) is 7.93. The van der Waals surface area contributed by atoms with Gasteiger partial charge in [0.1, 0.15) is 5.82 Å². The third-order valence-corrected chi connectivity index (χ3v) is 10.7. The van der Waals surface area contributed by atoms with Crippen molar-refractivity contribution in [3.63, 3.8) is 0 Å². The molecule has 0 radical (unpaired) electrons. The number of hydrogen-bond donors (Lipinski definition) is 2. The van der Waals surface area contributed by atoms with Gasteiger partial charge in [0.05, 0.1) is 13.2 Å². The van der Waals surface area contributed by atoms with Crippen molar-refractivity contribution in [3.05, 3.63) is 71.5 Å². The molecular formula is C40H61FN6O6. The van der Waals surface area contributed by atoms with E-state index in [-0.39, 0.29) is 38.9 Å². The minimum absolute atomic E-state index is 0. The van der Waals surface area contributed by atoms with Crippen LogP contribution < -0.4 is 10.6 Å². The summed E-state index contributed by atoms with van der Waals surface area (Å²) in [7, 11) is 0.